The van der Waals surface area contributed by atoms with Crippen LogP contribution in [-0.2, 0) is 4.79 Å². The summed E-state index contributed by atoms with van der Waals surface area (Å²) >= 11 is 0. The van der Waals surface area contributed by atoms with Gasteiger partial charge in [-0.05, 0) is 31.7 Å². The lowest BCUT2D eigenvalue weighted by molar-refractivity contribution is -0.127. The molecule has 0 bridgehead atoms. The SMILES string of the molecule is O=C(CN1C(=O)C2CCCN2C1=O)c1c[nH]c(C(=O)N2CCCC2)c1. The number of carbonyl (C=O) groups is 4. The Morgan fingerprint density at radius 1 is 1.12 bits per heavy atom. The van der Waals surface area contributed by atoms with E-state index in [2.05, 4.69) is 4.98 Å². The summed E-state index contributed by atoms with van der Waals surface area (Å²) in [5, 5.41) is 0. The lowest BCUT2D eigenvalue weighted by Crippen LogP contribution is -2.37. The molecule has 1 unspecified atom stereocenters. The van der Waals surface area contributed by atoms with Gasteiger partial charge in [0, 0.05) is 31.4 Å². The normalized spacial score (nSPS) is 22.9. The fraction of sp³-hybridized carbons (Fsp3) is 0.529. The fourth-order valence-electron chi connectivity index (χ4n) is 3.83. The number of hydrogen-bond acceptors (Lipinski definition) is 4. The molecule has 0 saturated carbocycles. The van der Waals surface area contributed by atoms with E-state index < -0.39 is 6.04 Å². The van der Waals surface area contributed by atoms with Gasteiger partial charge in [-0.15, -0.1) is 0 Å². The molecule has 0 spiro atoms. The molecular weight excluding hydrogens is 324 g/mol. The monoisotopic (exact) mass is 344 g/mol. The van der Waals surface area contributed by atoms with Crippen molar-refractivity contribution in [3.05, 3.63) is 23.5 Å². The number of Topliss-reactive ketones (excluding diaryl/α,β-unsaturated/α-hetero) is 1. The maximum atomic E-state index is 12.5. The maximum Gasteiger partial charge on any atom is 0.327 e. The molecule has 3 fully saturated rings. The van der Waals surface area contributed by atoms with E-state index in [4.69, 9.17) is 0 Å². The van der Waals surface area contributed by atoms with Crippen LogP contribution in [0, 0.1) is 0 Å². The van der Waals surface area contributed by atoms with Crippen molar-refractivity contribution in [2.75, 3.05) is 26.2 Å². The molecule has 4 heterocycles. The number of likely N-dealkylation sites (tertiary alicyclic amines) is 1. The Morgan fingerprint density at radius 2 is 1.88 bits per heavy atom. The summed E-state index contributed by atoms with van der Waals surface area (Å²) in [6, 6.07) is 0.721. The van der Waals surface area contributed by atoms with Crippen LogP contribution in [0.5, 0.6) is 0 Å². The molecule has 4 amide bonds. The highest BCUT2D eigenvalue weighted by Gasteiger charge is 2.47. The number of ketones is 1. The van der Waals surface area contributed by atoms with Crippen molar-refractivity contribution in [1.82, 2.24) is 19.7 Å². The van der Waals surface area contributed by atoms with Gasteiger partial charge in [-0.3, -0.25) is 19.3 Å². The zero-order valence-corrected chi connectivity index (χ0v) is 13.9. The maximum absolute atomic E-state index is 12.5. The van der Waals surface area contributed by atoms with Crippen LogP contribution in [0.2, 0.25) is 0 Å². The van der Waals surface area contributed by atoms with Crippen LogP contribution in [0.3, 0.4) is 0 Å². The molecule has 8 nitrogen and oxygen atoms in total. The van der Waals surface area contributed by atoms with Crippen molar-refractivity contribution >= 4 is 23.6 Å². The van der Waals surface area contributed by atoms with Crippen molar-refractivity contribution in [2.24, 2.45) is 0 Å². The van der Waals surface area contributed by atoms with Crippen LogP contribution in [-0.4, -0.2) is 75.5 Å². The average Bonchev–Trinajstić information content (AvgIpc) is 3.38. The van der Waals surface area contributed by atoms with E-state index in [0.29, 0.717) is 24.2 Å². The number of hydrogen-bond donors (Lipinski definition) is 1. The van der Waals surface area contributed by atoms with Crippen molar-refractivity contribution in [3.8, 4) is 0 Å². The summed E-state index contributed by atoms with van der Waals surface area (Å²) in [5.74, 6) is -0.759. The average molecular weight is 344 g/mol. The largest absolute Gasteiger partial charge is 0.356 e. The number of fused-ring (bicyclic) bond motifs is 1. The van der Waals surface area contributed by atoms with E-state index in [9.17, 15) is 19.2 Å². The van der Waals surface area contributed by atoms with Gasteiger partial charge in [-0.25, -0.2) is 4.79 Å². The minimum absolute atomic E-state index is 0.120. The highest BCUT2D eigenvalue weighted by atomic mass is 16.2. The lowest BCUT2D eigenvalue weighted by Gasteiger charge is -2.14. The Kier molecular flexibility index (Phi) is 3.82. The highest BCUT2D eigenvalue weighted by Crippen LogP contribution is 2.27. The number of imide groups is 1. The molecule has 1 atom stereocenters. The number of nitrogens with one attached hydrogen (secondary N) is 1. The standard InChI is InChI=1S/C17H20N4O4/c22-14(10-21-16(24)13-4-3-7-20(13)17(21)25)11-8-12(18-9-11)15(23)19-5-1-2-6-19/h8-9,13,18H,1-7,10H2. The molecule has 132 valence electrons. The molecule has 3 aliphatic heterocycles. The quantitative estimate of drug-likeness (QED) is 0.647. The van der Waals surface area contributed by atoms with Gasteiger partial charge < -0.3 is 14.8 Å². The number of aromatic nitrogens is 1. The molecule has 0 aromatic carbocycles. The number of rotatable bonds is 4. The number of amides is 4. The molecule has 1 aromatic rings. The van der Waals surface area contributed by atoms with E-state index in [1.807, 2.05) is 0 Å². The Labute approximate surface area is 144 Å². The first-order valence-corrected chi connectivity index (χ1v) is 8.69. The summed E-state index contributed by atoms with van der Waals surface area (Å²) < 4.78 is 0. The van der Waals surface area contributed by atoms with Crippen LogP contribution >= 0.6 is 0 Å². The topological polar surface area (TPSA) is 93.8 Å². The lowest BCUT2D eigenvalue weighted by atomic mass is 10.2. The van der Waals surface area contributed by atoms with Crippen LogP contribution in [0.4, 0.5) is 4.79 Å². The van der Waals surface area contributed by atoms with Gasteiger partial charge in [-0.2, -0.15) is 0 Å². The first-order chi connectivity index (χ1) is 12.1. The molecule has 1 aromatic heterocycles. The van der Waals surface area contributed by atoms with E-state index >= 15 is 0 Å². The van der Waals surface area contributed by atoms with Crippen molar-refractivity contribution in [1.29, 1.82) is 0 Å². The third kappa shape index (κ3) is 2.61. The fourth-order valence-corrected chi connectivity index (χ4v) is 3.83. The molecule has 0 aliphatic carbocycles. The summed E-state index contributed by atoms with van der Waals surface area (Å²) in [4.78, 5) is 56.5. The smallest absolute Gasteiger partial charge is 0.327 e. The predicted octanol–water partition coefficient (Wildman–Crippen LogP) is 0.860. The van der Waals surface area contributed by atoms with Gasteiger partial charge in [0.15, 0.2) is 5.78 Å². The van der Waals surface area contributed by atoms with Crippen LogP contribution in [0.25, 0.3) is 0 Å². The van der Waals surface area contributed by atoms with Gasteiger partial charge >= 0.3 is 6.03 Å². The molecule has 25 heavy (non-hydrogen) atoms. The van der Waals surface area contributed by atoms with E-state index in [-0.39, 0.29) is 30.2 Å². The Morgan fingerprint density at radius 3 is 2.60 bits per heavy atom. The molecule has 1 N–H and O–H groups in total. The van der Waals surface area contributed by atoms with Gasteiger partial charge in [0.2, 0.25) is 0 Å². The highest BCUT2D eigenvalue weighted by molar-refractivity contribution is 6.10. The molecular formula is C17H20N4O4. The second-order valence-corrected chi connectivity index (χ2v) is 6.78. The number of nitrogens with zero attached hydrogens (tertiary/aromatic N) is 3. The second kappa shape index (κ2) is 6.02. The Bertz CT molecular complexity index is 728. The first kappa shape index (κ1) is 15.9. The third-order valence-corrected chi connectivity index (χ3v) is 5.21. The zero-order chi connectivity index (χ0) is 17.6. The molecule has 4 rings (SSSR count). The van der Waals surface area contributed by atoms with Gasteiger partial charge in [0.1, 0.15) is 11.7 Å². The van der Waals surface area contributed by atoms with Gasteiger partial charge in [0.05, 0.1) is 6.54 Å². The van der Waals surface area contributed by atoms with E-state index in [0.717, 1.165) is 37.3 Å². The Hall–Kier alpha value is -2.64. The third-order valence-electron chi connectivity index (χ3n) is 5.21. The van der Waals surface area contributed by atoms with Crippen LogP contribution < -0.4 is 0 Å². The zero-order valence-electron chi connectivity index (χ0n) is 13.9. The van der Waals surface area contributed by atoms with Gasteiger partial charge in [-0.1, -0.05) is 0 Å². The number of urea groups is 1. The number of aromatic amines is 1. The summed E-state index contributed by atoms with van der Waals surface area (Å²) in [5.41, 5.74) is 0.681. The van der Waals surface area contributed by atoms with E-state index in [1.165, 1.54) is 17.2 Å². The predicted molar refractivity (Wildman–Crippen MR) is 87.1 cm³/mol. The van der Waals surface area contributed by atoms with Crippen molar-refractivity contribution in [3.63, 3.8) is 0 Å². The summed E-state index contributed by atoms with van der Waals surface area (Å²) in [6.45, 7) is 1.75. The molecule has 3 saturated heterocycles. The minimum Gasteiger partial charge on any atom is -0.356 e. The van der Waals surface area contributed by atoms with E-state index in [1.54, 1.807) is 4.90 Å². The number of H-pyrrole nitrogens is 1. The minimum atomic E-state index is -0.404. The van der Waals surface area contributed by atoms with Crippen molar-refractivity contribution < 1.29 is 19.2 Å². The van der Waals surface area contributed by atoms with Crippen LogP contribution in [0.15, 0.2) is 12.3 Å². The second-order valence-electron chi connectivity index (χ2n) is 6.78. The molecule has 8 heteroatoms. The summed E-state index contributed by atoms with van der Waals surface area (Å²) in [7, 11) is 0. The first-order valence-electron chi connectivity index (χ1n) is 8.69. The van der Waals surface area contributed by atoms with Gasteiger partial charge in [0.25, 0.3) is 11.8 Å². The van der Waals surface area contributed by atoms with Crippen LogP contribution in [0.1, 0.15) is 46.5 Å². The Balaban J connectivity index is 1.44. The number of carbonyl (C=O) groups excluding carboxylic acids is 4. The summed E-state index contributed by atoms with van der Waals surface area (Å²) in [6.07, 6.45) is 4.94. The van der Waals surface area contributed by atoms with Crippen molar-refractivity contribution in [2.45, 2.75) is 31.7 Å². The molecule has 0 radical (unpaired) electrons. The molecule has 3 aliphatic rings.